The van der Waals surface area contributed by atoms with Crippen molar-refractivity contribution >= 4 is 17.0 Å². The fourth-order valence-corrected chi connectivity index (χ4v) is 5.20. The van der Waals surface area contributed by atoms with Crippen LogP contribution in [0.15, 0.2) is 47.8 Å². The topological polar surface area (TPSA) is 30.0 Å². The number of benzene rings is 1. The molecule has 2 aromatic rings. The Morgan fingerprint density at radius 3 is 2.50 bits per heavy atom. The first-order chi connectivity index (χ1) is 12.8. The molecule has 0 spiro atoms. The minimum absolute atomic E-state index is 0.265. The van der Waals surface area contributed by atoms with E-state index in [4.69, 9.17) is 0 Å². The lowest BCUT2D eigenvalue weighted by molar-refractivity contribution is 0.0678. The van der Waals surface area contributed by atoms with Gasteiger partial charge in [0.05, 0.1) is 6.10 Å². The first-order valence-electron chi connectivity index (χ1n) is 9.77. The minimum atomic E-state index is -0.265. The number of piperazine rings is 1. The Kier molecular flexibility index (Phi) is 5.90. The highest BCUT2D eigenvalue weighted by molar-refractivity contribution is 7.10. The molecular formula is C21H29N3OS. The highest BCUT2D eigenvalue weighted by Gasteiger charge is 2.29. The monoisotopic (exact) mass is 371 g/mol. The third-order valence-electron chi connectivity index (χ3n) is 5.64. The van der Waals surface area contributed by atoms with Crippen LogP contribution in [0.3, 0.4) is 0 Å². The van der Waals surface area contributed by atoms with Crippen LogP contribution in [0.25, 0.3) is 0 Å². The summed E-state index contributed by atoms with van der Waals surface area (Å²) in [6, 6.07) is 15.5. The Morgan fingerprint density at radius 2 is 1.77 bits per heavy atom. The number of rotatable bonds is 6. The zero-order valence-corrected chi connectivity index (χ0v) is 16.2. The van der Waals surface area contributed by atoms with Crippen LogP contribution in [0.2, 0.25) is 0 Å². The standard InChI is InChI=1S/C21H29N3OS/c25-19(17-24-10-4-8-20(24)21-9-5-15-26-21)16-22-11-13-23(14-12-22)18-6-2-1-3-7-18/h1-3,5-7,9,15,19-20,25H,4,8,10-14,16-17H2/t19-,20-/m0/s1. The fourth-order valence-electron chi connectivity index (χ4n) is 4.30. The maximum absolute atomic E-state index is 10.7. The summed E-state index contributed by atoms with van der Waals surface area (Å²) in [5, 5.41) is 12.8. The van der Waals surface area contributed by atoms with E-state index in [9.17, 15) is 5.11 Å². The number of para-hydroxylation sites is 1. The van der Waals surface area contributed by atoms with E-state index >= 15 is 0 Å². The third-order valence-corrected chi connectivity index (χ3v) is 6.62. The highest BCUT2D eigenvalue weighted by Crippen LogP contribution is 2.34. The van der Waals surface area contributed by atoms with Crippen molar-refractivity contribution in [1.29, 1.82) is 0 Å². The van der Waals surface area contributed by atoms with Gasteiger partial charge in [-0.2, -0.15) is 0 Å². The van der Waals surface area contributed by atoms with Crippen LogP contribution in [-0.4, -0.2) is 66.8 Å². The minimum Gasteiger partial charge on any atom is -0.390 e. The molecule has 0 aliphatic carbocycles. The van der Waals surface area contributed by atoms with Gasteiger partial charge < -0.3 is 10.0 Å². The molecule has 2 fully saturated rings. The Labute approximate surface area is 160 Å². The molecule has 1 aromatic heterocycles. The summed E-state index contributed by atoms with van der Waals surface area (Å²) in [6.07, 6.45) is 2.20. The van der Waals surface area contributed by atoms with Gasteiger partial charge in [-0.1, -0.05) is 24.3 Å². The summed E-state index contributed by atoms with van der Waals surface area (Å²) in [4.78, 5) is 8.79. The molecule has 1 N–H and O–H groups in total. The average molecular weight is 372 g/mol. The maximum Gasteiger partial charge on any atom is 0.0794 e. The number of aliphatic hydroxyl groups is 1. The van der Waals surface area contributed by atoms with Crippen molar-refractivity contribution in [2.45, 2.75) is 25.0 Å². The van der Waals surface area contributed by atoms with Crippen LogP contribution in [0.4, 0.5) is 5.69 Å². The van der Waals surface area contributed by atoms with Crippen molar-refractivity contribution in [2.75, 3.05) is 50.7 Å². The van der Waals surface area contributed by atoms with Crippen molar-refractivity contribution < 1.29 is 5.11 Å². The largest absolute Gasteiger partial charge is 0.390 e. The molecular weight excluding hydrogens is 342 g/mol. The first kappa shape index (κ1) is 18.0. The van der Waals surface area contributed by atoms with E-state index in [1.807, 2.05) is 11.3 Å². The number of β-amino-alcohol motifs (C(OH)–C–C–N with tert-alkyl or cyclic N) is 1. The van der Waals surface area contributed by atoms with Crippen molar-refractivity contribution in [3.63, 3.8) is 0 Å². The number of thiophene rings is 1. The lowest BCUT2D eigenvalue weighted by Crippen LogP contribution is -2.50. The Balaban J connectivity index is 1.25. The third kappa shape index (κ3) is 4.29. The van der Waals surface area contributed by atoms with Gasteiger partial charge in [-0.15, -0.1) is 11.3 Å². The number of anilines is 1. The number of nitrogens with zero attached hydrogens (tertiary/aromatic N) is 3. The van der Waals surface area contributed by atoms with Crippen molar-refractivity contribution in [2.24, 2.45) is 0 Å². The predicted molar refractivity (Wildman–Crippen MR) is 109 cm³/mol. The van der Waals surface area contributed by atoms with Crippen LogP contribution in [0, 0.1) is 0 Å². The molecule has 26 heavy (non-hydrogen) atoms. The second-order valence-corrected chi connectivity index (χ2v) is 8.42. The van der Waals surface area contributed by atoms with Crippen molar-refractivity contribution in [3.8, 4) is 0 Å². The SMILES string of the molecule is O[C@@H](CN1CCN(c2ccccc2)CC1)CN1CCC[C@H]1c1cccs1. The van der Waals surface area contributed by atoms with Gasteiger partial charge in [-0.3, -0.25) is 9.80 Å². The normalized spacial score (nSPS) is 23.4. The van der Waals surface area contributed by atoms with E-state index in [0.717, 1.165) is 45.8 Å². The molecule has 0 unspecified atom stereocenters. The summed E-state index contributed by atoms with van der Waals surface area (Å²) in [5.74, 6) is 0. The molecule has 0 amide bonds. The summed E-state index contributed by atoms with van der Waals surface area (Å²) < 4.78 is 0. The van der Waals surface area contributed by atoms with Gasteiger partial charge >= 0.3 is 0 Å². The lowest BCUT2D eigenvalue weighted by atomic mass is 10.1. The molecule has 2 atom stereocenters. The van der Waals surface area contributed by atoms with E-state index in [1.165, 1.54) is 23.4 Å². The van der Waals surface area contributed by atoms with Crippen LogP contribution in [0.5, 0.6) is 0 Å². The van der Waals surface area contributed by atoms with Gasteiger partial charge in [0.25, 0.3) is 0 Å². The molecule has 4 rings (SSSR count). The van der Waals surface area contributed by atoms with Crippen LogP contribution >= 0.6 is 11.3 Å². The van der Waals surface area contributed by atoms with Gasteiger partial charge in [0, 0.05) is 55.9 Å². The lowest BCUT2D eigenvalue weighted by Gasteiger charge is -2.37. The molecule has 0 saturated carbocycles. The second kappa shape index (κ2) is 8.53. The molecule has 0 radical (unpaired) electrons. The molecule has 2 aliphatic rings. The van der Waals surface area contributed by atoms with Crippen LogP contribution in [-0.2, 0) is 0 Å². The zero-order valence-electron chi connectivity index (χ0n) is 15.3. The van der Waals surface area contributed by atoms with Crippen LogP contribution < -0.4 is 4.90 Å². The van der Waals surface area contributed by atoms with Gasteiger partial charge in [0.1, 0.15) is 0 Å². The van der Waals surface area contributed by atoms with E-state index in [-0.39, 0.29) is 6.10 Å². The van der Waals surface area contributed by atoms with E-state index in [2.05, 4.69) is 62.5 Å². The van der Waals surface area contributed by atoms with Crippen LogP contribution in [0.1, 0.15) is 23.8 Å². The smallest absolute Gasteiger partial charge is 0.0794 e. The Bertz CT molecular complexity index is 655. The van der Waals surface area contributed by atoms with E-state index in [0.29, 0.717) is 6.04 Å². The summed E-state index contributed by atoms with van der Waals surface area (Å²) in [6.45, 7) is 6.83. The molecule has 1 aromatic carbocycles. The highest BCUT2D eigenvalue weighted by atomic mass is 32.1. The van der Waals surface area contributed by atoms with Gasteiger partial charge in [-0.05, 0) is 43.0 Å². The summed E-state index contributed by atoms with van der Waals surface area (Å²) in [7, 11) is 0. The Morgan fingerprint density at radius 1 is 0.962 bits per heavy atom. The number of likely N-dealkylation sites (tertiary alicyclic amines) is 1. The molecule has 0 bridgehead atoms. The maximum atomic E-state index is 10.7. The molecule has 4 nitrogen and oxygen atoms in total. The van der Waals surface area contributed by atoms with Gasteiger partial charge in [-0.25, -0.2) is 0 Å². The first-order valence-corrected chi connectivity index (χ1v) is 10.7. The number of hydrogen-bond donors (Lipinski definition) is 1. The zero-order chi connectivity index (χ0) is 17.8. The average Bonchev–Trinajstić information content (AvgIpc) is 3.34. The van der Waals surface area contributed by atoms with Gasteiger partial charge in [0.15, 0.2) is 0 Å². The summed E-state index contributed by atoms with van der Waals surface area (Å²) in [5.41, 5.74) is 1.31. The second-order valence-electron chi connectivity index (χ2n) is 7.45. The van der Waals surface area contributed by atoms with Gasteiger partial charge in [0.2, 0.25) is 0 Å². The molecule has 5 heteroatoms. The van der Waals surface area contributed by atoms with Crippen molar-refractivity contribution in [1.82, 2.24) is 9.80 Å². The fraction of sp³-hybridized carbons (Fsp3) is 0.524. The number of hydrogen-bond acceptors (Lipinski definition) is 5. The van der Waals surface area contributed by atoms with E-state index in [1.54, 1.807) is 0 Å². The molecule has 2 saturated heterocycles. The molecule has 140 valence electrons. The quantitative estimate of drug-likeness (QED) is 0.845. The van der Waals surface area contributed by atoms with Crippen molar-refractivity contribution in [3.05, 3.63) is 52.7 Å². The molecule has 2 aliphatic heterocycles. The molecule has 3 heterocycles. The Hall–Kier alpha value is -1.40. The summed E-state index contributed by atoms with van der Waals surface area (Å²) >= 11 is 1.85. The predicted octanol–water partition coefficient (Wildman–Crippen LogP) is 3.07. The number of aliphatic hydroxyl groups excluding tert-OH is 1. The van der Waals surface area contributed by atoms with E-state index < -0.39 is 0 Å².